The number of benzene rings is 2. The van der Waals surface area contributed by atoms with E-state index in [1.807, 2.05) is 36.4 Å². The lowest BCUT2D eigenvalue weighted by molar-refractivity contribution is 0.414. The second kappa shape index (κ2) is 8.22. The molecule has 28 heavy (non-hydrogen) atoms. The molecule has 0 unspecified atom stereocenters. The van der Waals surface area contributed by atoms with E-state index in [-0.39, 0.29) is 5.82 Å². The first kappa shape index (κ1) is 18.2. The molecule has 0 fully saturated rings. The van der Waals surface area contributed by atoms with E-state index in [9.17, 15) is 4.39 Å². The Bertz CT molecular complexity index is 1070. The molecule has 0 spiro atoms. The van der Waals surface area contributed by atoms with Crippen LogP contribution >= 0.6 is 11.8 Å². The molecule has 140 valence electrons. The van der Waals surface area contributed by atoms with Crippen molar-refractivity contribution >= 4 is 11.8 Å². The minimum Gasteiger partial charge on any atom is -0.497 e. The smallest absolute Gasteiger partial charge is 0.196 e. The van der Waals surface area contributed by atoms with Crippen LogP contribution in [0.15, 0.2) is 78.2 Å². The molecule has 0 bridgehead atoms. The zero-order valence-corrected chi connectivity index (χ0v) is 15.9. The Balaban J connectivity index is 1.71. The molecule has 2 heterocycles. The lowest BCUT2D eigenvalue weighted by atomic mass is 10.2. The van der Waals surface area contributed by atoms with E-state index in [2.05, 4.69) is 15.2 Å². The Labute approximate surface area is 166 Å². The number of thioether (sulfide) groups is 1. The number of rotatable bonds is 6. The van der Waals surface area contributed by atoms with Crippen molar-refractivity contribution in [3.05, 3.63) is 84.4 Å². The summed E-state index contributed by atoms with van der Waals surface area (Å²) in [7, 11) is 1.64. The molecular formula is C21H17FN4OS. The fourth-order valence-corrected chi connectivity index (χ4v) is 3.67. The van der Waals surface area contributed by atoms with Crippen LogP contribution in [0, 0.1) is 5.82 Å². The Kier molecular flexibility index (Phi) is 5.34. The van der Waals surface area contributed by atoms with Crippen molar-refractivity contribution < 1.29 is 9.13 Å². The van der Waals surface area contributed by atoms with Crippen molar-refractivity contribution in [3.8, 4) is 22.8 Å². The minimum absolute atomic E-state index is 0.335. The molecule has 4 aromatic rings. The molecule has 0 saturated heterocycles. The fraction of sp³-hybridized carbons (Fsp3) is 0.0952. The van der Waals surface area contributed by atoms with Gasteiger partial charge >= 0.3 is 0 Å². The number of hydrogen-bond donors (Lipinski definition) is 0. The summed E-state index contributed by atoms with van der Waals surface area (Å²) in [6.07, 6.45) is 3.38. The summed E-state index contributed by atoms with van der Waals surface area (Å²) in [5, 5.41) is 9.24. The van der Waals surface area contributed by atoms with Gasteiger partial charge in [0.1, 0.15) is 11.6 Å². The third-order valence-electron chi connectivity index (χ3n) is 4.17. The third-order valence-corrected chi connectivity index (χ3v) is 5.17. The number of hydrogen-bond acceptors (Lipinski definition) is 5. The number of para-hydroxylation sites is 1. The van der Waals surface area contributed by atoms with E-state index in [0.717, 1.165) is 16.9 Å². The summed E-state index contributed by atoms with van der Waals surface area (Å²) in [5.74, 6) is 1.69. The van der Waals surface area contributed by atoms with Crippen LogP contribution in [-0.2, 0) is 5.75 Å². The monoisotopic (exact) mass is 392 g/mol. The summed E-state index contributed by atoms with van der Waals surface area (Å²) in [4.78, 5) is 4.14. The van der Waals surface area contributed by atoms with Gasteiger partial charge in [0, 0.05) is 23.7 Å². The van der Waals surface area contributed by atoms with E-state index >= 15 is 0 Å². The molecule has 0 saturated carbocycles. The molecule has 7 heteroatoms. The van der Waals surface area contributed by atoms with E-state index in [0.29, 0.717) is 22.4 Å². The minimum atomic E-state index is -0.335. The molecule has 0 aliphatic heterocycles. The highest BCUT2D eigenvalue weighted by atomic mass is 32.2. The molecule has 0 radical (unpaired) electrons. The Morgan fingerprint density at radius 2 is 1.82 bits per heavy atom. The molecule has 0 atom stereocenters. The maximum absolute atomic E-state index is 14.6. The van der Waals surface area contributed by atoms with Gasteiger partial charge in [-0.1, -0.05) is 36.0 Å². The van der Waals surface area contributed by atoms with Gasteiger partial charge in [-0.15, -0.1) is 10.2 Å². The van der Waals surface area contributed by atoms with Gasteiger partial charge in [0.2, 0.25) is 0 Å². The van der Waals surface area contributed by atoms with Gasteiger partial charge in [-0.3, -0.25) is 9.55 Å². The van der Waals surface area contributed by atoms with Gasteiger partial charge in [-0.2, -0.15) is 0 Å². The van der Waals surface area contributed by atoms with Crippen molar-refractivity contribution in [2.75, 3.05) is 7.11 Å². The summed E-state index contributed by atoms with van der Waals surface area (Å²) in [6.45, 7) is 0. The van der Waals surface area contributed by atoms with Crippen LogP contribution in [-0.4, -0.2) is 26.9 Å². The first-order valence-corrected chi connectivity index (χ1v) is 9.61. The highest BCUT2D eigenvalue weighted by Gasteiger charge is 2.18. The van der Waals surface area contributed by atoms with Gasteiger partial charge in [0.25, 0.3) is 0 Å². The first-order valence-electron chi connectivity index (χ1n) is 8.62. The van der Waals surface area contributed by atoms with Crippen molar-refractivity contribution in [2.45, 2.75) is 10.9 Å². The van der Waals surface area contributed by atoms with Crippen LogP contribution in [0.25, 0.3) is 17.1 Å². The lowest BCUT2D eigenvalue weighted by Crippen LogP contribution is -2.02. The number of nitrogens with zero attached hydrogens (tertiary/aromatic N) is 4. The summed E-state index contributed by atoms with van der Waals surface area (Å²) in [5.41, 5.74) is 2.29. The third kappa shape index (κ3) is 3.75. The van der Waals surface area contributed by atoms with Crippen molar-refractivity contribution in [1.82, 2.24) is 19.7 Å². The van der Waals surface area contributed by atoms with Gasteiger partial charge in [0.05, 0.1) is 12.8 Å². The fourth-order valence-electron chi connectivity index (χ4n) is 2.77. The maximum atomic E-state index is 14.6. The first-order chi connectivity index (χ1) is 13.8. The quantitative estimate of drug-likeness (QED) is 0.443. The van der Waals surface area contributed by atoms with Crippen LogP contribution in [0.1, 0.15) is 5.56 Å². The Morgan fingerprint density at radius 3 is 2.54 bits per heavy atom. The van der Waals surface area contributed by atoms with Gasteiger partial charge in [-0.25, -0.2) is 4.39 Å². The average Bonchev–Trinajstić information content (AvgIpc) is 3.17. The molecule has 0 amide bonds. The number of methoxy groups -OCH3 is 1. The zero-order valence-electron chi connectivity index (χ0n) is 15.1. The molecule has 2 aromatic carbocycles. The van der Waals surface area contributed by atoms with Gasteiger partial charge in [-0.05, 0) is 42.0 Å². The molecule has 0 aliphatic carbocycles. The summed E-state index contributed by atoms with van der Waals surface area (Å²) in [6, 6.07) is 18.1. The predicted octanol–water partition coefficient (Wildman–Crippen LogP) is 4.77. The predicted molar refractivity (Wildman–Crippen MR) is 107 cm³/mol. The van der Waals surface area contributed by atoms with Gasteiger partial charge in [0.15, 0.2) is 11.0 Å². The van der Waals surface area contributed by atoms with E-state index in [4.69, 9.17) is 4.74 Å². The van der Waals surface area contributed by atoms with Gasteiger partial charge < -0.3 is 4.74 Å². The largest absolute Gasteiger partial charge is 0.497 e. The second-order valence-corrected chi connectivity index (χ2v) is 6.91. The van der Waals surface area contributed by atoms with Crippen LogP contribution in [0.3, 0.4) is 0 Å². The lowest BCUT2D eigenvalue weighted by Gasteiger charge is -2.11. The average molecular weight is 392 g/mol. The number of pyridine rings is 1. The van der Waals surface area contributed by atoms with Crippen LogP contribution in [0.5, 0.6) is 5.75 Å². The number of aromatic nitrogens is 4. The molecule has 4 rings (SSSR count). The highest BCUT2D eigenvalue weighted by Crippen LogP contribution is 2.30. The SMILES string of the molecule is COc1ccc(CSc2nnc(-c3cccnc3)n2-c2ccccc2F)cc1. The van der Waals surface area contributed by atoms with E-state index in [1.165, 1.54) is 17.8 Å². The standard InChI is InChI=1S/C21H17FN4OS/c1-27-17-10-8-15(9-11-17)14-28-21-25-24-20(16-5-4-12-23-13-16)26(21)19-7-3-2-6-18(19)22/h2-13H,14H2,1H3. The van der Waals surface area contributed by atoms with Crippen LogP contribution < -0.4 is 4.74 Å². The molecular weight excluding hydrogens is 375 g/mol. The second-order valence-electron chi connectivity index (χ2n) is 5.97. The Hall–Kier alpha value is -3.19. The summed E-state index contributed by atoms with van der Waals surface area (Å²) < 4.78 is 21.5. The van der Waals surface area contributed by atoms with Crippen molar-refractivity contribution in [3.63, 3.8) is 0 Å². The van der Waals surface area contributed by atoms with E-state index in [1.54, 1.807) is 42.3 Å². The van der Waals surface area contributed by atoms with Crippen molar-refractivity contribution in [1.29, 1.82) is 0 Å². The normalized spacial score (nSPS) is 10.8. The number of ether oxygens (including phenoxy) is 1. The highest BCUT2D eigenvalue weighted by molar-refractivity contribution is 7.98. The molecule has 0 N–H and O–H groups in total. The molecule has 5 nitrogen and oxygen atoms in total. The topological polar surface area (TPSA) is 52.8 Å². The molecule has 2 aromatic heterocycles. The zero-order chi connectivity index (χ0) is 19.3. The molecule has 0 aliphatic rings. The van der Waals surface area contributed by atoms with Crippen molar-refractivity contribution in [2.24, 2.45) is 0 Å². The Morgan fingerprint density at radius 1 is 1.00 bits per heavy atom. The maximum Gasteiger partial charge on any atom is 0.196 e. The van der Waals surface area contributed by atoms with Crippen LogP contribution in [0.4, 0.5) is 4.39 Å². The summed E-state index contributed by atoms with van der Waals surface area (Å²) >= 11 is 1.49. The van der Waals surface area contributed by atoms with E-state index < -0.39 is 0 Å². The number of halogens is 1. The van der Waals surface area contributed by atoms with Crippen LogP contribution in [0.2, 0.25) is 0 Å².